The minimum atomic E-state index is -0.499. The van der Waals surface area contributed by atoms with Gasteiger partial charge in [0.1, 0.15) is 10.7 Å². The molecule has 2 N–H and O–H groups in total. The number of fused-ring (bicyclic) bond motifs is 1. The molecule has 0 amide bonds. The van der Waals surface area contributed by atoms with Crippen LogP contribution in [0.25, 0.3) is 10.2 Å². The summed E-state index contributed by atoms with van der Waals surface area (Å²) in [6.45, 7) is 9.61. The zero-order chi connectivity index (χ0) is 22.5. The Hall–Kier alpha value is -2.10. The number of aliphatic hydroxyl groups excluding tert-OH is 1. The van der Waals surface area contributed by atoms with E-state index in [0.29, 0.717) is 56.5 Å². The van der Waals surface area contributed by atoms with E-state index in [1.165, 1.54) is 0 Å². The van der Waals surface area contributed by atoms with E-state index < -0.39 is 6.10 Å². The maximum Gasteiger partial charge on any atom is 0.259 e. The van der Waals surface area contributed by atoms with Crippen LogP contribution < -0.4 is 5.56 Å². The van der Waals surface area contributed by atoms with Crippen molar-refractivity contribution >= 4 is 21.6 Å². The molecule has 172 valence electrons. The van der Waals surface area contributed by atoms with E-state index in [4.69, 9.17) is 9.72 Å². The number of nitrogens with one attached hydrogen (secondary N) is 1. The number of aliphatic hydroxyl groups is 1. The number of rotatable bonds is 9. The van der Waals surface area contributed by atoms with Crippen LogP contribution in [0.3, 0.4) is 0 Å². The summed E-state index contributed by atoms with van der Waals surface area (Å²) in [6.07, 6.45) is -0.499. The first kappa shape index (κ1) is 23.1. The van der Waals surface area contributed by atoms with Gasteiger partial charge in [0.25, 0.3) is 5.56 Å². The number of aromatic nitrogens is 2. The normalized spacial score (nSPS) is 16.3. The van der Waals surface area contributed by atoms with Crippen molar-refractivity contribution in [2.75, 3.05) is 39.4 Å². The van der Waals surface area contributed by atoms with Crippen LogP contribution in [-0.4, -0.2) is 70.4 Å². The molecule has 1 aliphatic heterocycles. The molecule has 3 aromatic rings. The van der Waals surface area contributed by atoms with Crippen molar-refractivity contribution in [1.29, 1.82) is 0 Å². The summed E-state index contributed by atoms with van der Waals surface area (Å²) in [5, 5.41) is 11.5. The summed E-state index contributed by atoms with van der Waals surface area (Å²) >= 11 is 1.58. The van der Waals surface area contributed by atoms with Crippen LogP contribution in [0, 0.1) is 0 Å². The average Bonchev–Trinajstić information content (AvgIpc) is 3.20. The third-order valence-electron chi connectivity index (χ3n) is 5.70. The predicted octanol–water partition coefficient (Wildman–Crippen LogP) is 2.80. The van der Waals surface area contributed by atoms with E-state index in [1.54, 1.807) is 11.3 Å². The lowest BCUT2D eigenvalue weighted by molar-refractivity contribution is 0.00537. The Kier molecular flexibility index (Phi) is 7.70. The number of hydrogen-bond acceptors (Lipinski definition) is 7. The summed E-state index contributed by atoms with van der Waals surface area (Å²) in [7, 11) is 0. The van der Waals surface area contributed by atoms with Crippen LogP contribution in [0.1, 0.15) is 36.0 Å². The van der Waals surface area contributed by atoms with Gasteiger partial charge in [-0.1, -0.05) is 44.2 Å². The fourth-order valence-electron chi connectivity index (χ4n) is 4.03. The molecule has 0 bridgehead atoms. The van der Waals surface area contributed by atoms with Crippen molar-refractivity contribution in [3.05, 3.63) is 63.0 Å². The van der Waals surface area contributed by atoms with Crippen LogP contribution in [0.2, 0.25) is 0 Å². The van der Waals surface area contributed by atoms with Crippen molar-refractivity contribution in [1.82, 2.24) is 19.8 Å². The van der Waals surface area contributed by atoms with Crippen LogP contribution in [0.5, 0.6) is 0 Å². The van der Waals surface area contributed by atoms with Crippen LogP contribution in [0.15, 0.2) is 41.2 Å². The summed E-state index contributed by atoms with van der Waals surface area (Å²) in [6, 6.07) is 12.1. The van der Waals surface area contributed by atoms with Gasteiger partial charge in [0.15, 0.2) is 0 Å². The first-order valence-corrected chi connectivity index (χ1v) is 12.1. The smallest absolute Gasteiger partial charge is 0.259 e. The second-order valence-corrected chi connectivity index (χ2v) is 9.82. The molecule has 3 heterocycles. The summed E-state index contributed by atoms with van der Waals surface area (Å²) in [5.41, 5.74) is 1.06. The summed E-state index contributed by atoms with van der Waals surface area (Å²) in [5.74, 6) is 0.996. The number of thiophene rings is 1. The minimum Gasteiger partial charge on any atom is -0.390 e. The monoisotopic (exact) mass is 456 g/mol. The molecule has 4 rings (SSSR count). The highest BCUT2D eigenvalue weighted by atomic mass is 32.1. The molecule has 1 fully saturated rings. The second-order valence-electron chi connectivity index (χ2n) is 8.76. The third kappa shape index (κ3) is 6.02. The molecular weight excluding hydrogens is 424 g/mol. The van der Waals surface area contributed by atoms with Crippen molar-refractivity contribution in [3.8, 4) is 0 Å². The number of morpholine rings is 1. The predicted molar refractivity (Wildman–Crippen MR) is 128 cm³/mol. The van der Waals surface area contributed by atoms with Gasteiger partial charge < -0.3 is 14.8 Å². The molecule has 1 aliphatic rings. The highest BCUT2D eigenvalue weighted by Crippen LogP contribution is 2.27. The molecular formula is C24H32N4O3S. The molecule has 0 spiro atoms. The summed E-state index contributed by atoms with van der Waals surface area (Å²) < 4.78 is 5.41. The minimum absolute atomic E-state index is 0.0957. The third-order valence-corrected chi connectivity index (χ3v) is 7.03. The Morgan fingerprint density at radius 1 is 1.22 bits per heavy atom. The van der Waals surface area contributed by atoms with Gasteiger partial charge in [-0.2, -0.15) is 0 Å². The van der Waals surface area contributed by atoms with Crippen molar-refractivity contribution in [2.45, 2.75) is 39.0 Å². The first-order chi connectivity index (χ1) is 15.5. The molecule has 8 heteroatoms. The zero-order valence-corrected chi connectivity index (χ0v) is 19.6. The molecule has 1 aromatic carbocycles. The van der Waals surface area contributed by atoms with Gasteiger partial charge >= 0.3 is 0 Å². The Morgan fingerprint density at radius 2 is 1.97 bits per heavy atom. The maximum atomic E-state index is 12.7. The molecule has 32 heavy (non-hydrogen) atoms. The van der Waals surface area contributed by atoms with Gasteiger partial charge in [0.05, 0.1) is 31.2 Å². The van der Waals surface area contributed by atoms with Crippen molar-refractivity contribution < 1.29 is 9.84 Å². The SMILES string of the molecule is CC(C)c1cc2c(=O)[nH]c(CN(Cc3ccccc3)CC(O)CN3CCOCC3)nc2s1. The van der Waals surface area contributed by atoms with Gasteiger partial charge in [-0.15, -0.1) is 11.3 Å². The lowest BCUT2D eigenvalue weighted by Crippen LogP contribution is -2.44. The van der Waals surface area contributed by atoms with E-state index >= 15 is 0 Å². The van der Waals surface area contributed by atoms with E-state index in [0.717, 1.165) is 28.4 Å². The fraction of sp³-hybridized carbons (Fsp3) is 0.500. The molecule has 1 atom stereocenters. The number of hydrogen-bond donors (Lipinski definition) is 2. The number of nitrogens with zero attached hydrogens (tertiary/aromatic N) is 3. The van der Waals surface area contributed by atoms with Gasteiger partial charge in [-0.25, -0.2) is 4.98 Å². The van der Waals surface area contributed by atoms with Crippen molar-refractivity contribution in [2.24, 2.45) is 0 Å². The standard InChI is InChI=1S/C24H32N4O3S/c1-17(2)21-12-20-23(30)25-22(26-24(20)32-21)16-28(13-18-6-4-3-5-7-18)15-19(29)14-27-8-10-31-11-9-27/h3-7,12,17,19,29H,8-11,13-16H2,1-2H3,(H,25,26,30). The highest BCUT2D eigenvalue weighted by molar-refractivity contribution is 7.18. The van der Waals surface area contributed by atoms with E-state index in [-0.39, 0.29) is 5.56 Å². The Bertz CT molecular complexity index is 1060. The zero-order valence-electron chi connectivity index (χ0n) is 18.8. The topological polar surface area (TPSA) is 81.7 Å². The molecule has 0 aliphatic carbocycles. The van der Waals surface area contributed by atoms with Crippen LogP contribution >= 0.6 is 11.3 Å². The largest absolute Gasteiger partial charge is 0.390 e. The molecule has 2 aromatic heterocycles. The fourth-order valence-corrected chi connectivity index (χ4v) is 5.08. The Morgan fingerprint density at radius 3 is 2.69 bits per heavy atom. The molecule has 1 unspecified atom stereocenters. The number of β-amino-alcohol motifs (C(OH)–C–C–N with tert-alkyl or cyclic N) is 1. The summed E-state index contributed by atoms with van der Waals surface area (Å²) in [4.78, 5) is 26.7. The van der Waals surface area contributed by atoms with Gasteiger partial charge in [0.2, 0.25) is 0 Å². The average molecular weight is 457 g/mol. The number of ether oxygens (including phenoxy) is 1. The lowest BCUT2D eigenvalue weighted by atomic mass is 10.2. The van der Waals surface area contributed by atoms with Gasteiger partial charge in [-0.3, -0.25) is 14.6 Å². The lowest BCUT2D eigenvalue weighted by Gasteiger charge is -2.31. The number of aromatic amines is 1. The van der Waals surface area contributed by atoms with Gasteiger partial charge in [0, 0.05) is 37.6 Å². The van der Waals surface area contributed by atoms with Crippen molar-refractivity contribution in [3.63, 3.8) is 0 Å². The molecule has 1 saturated heterocycles. The molecule has 0 radical (unpaired) electrons. The quantitative estimate of drug-likeness (QED) is 0.515. The molecule has 7 nitrogen and oxygen atoms in total. The van der Waals surface area contributed by atoms with E-state index in [1.807, 2.05) is 24.3 Å². The van der Waals surface area contributed by atoms with Crippen LogP contribution in [-0.2, 0) is 17.8 Å². The number of H-pyrrole nitrogens is 1. The maximum absolute atomic E-state index is 12.7. The highest BCUT2D eigenvalue weighted by Gasteiger charge is 2.19. The van der Waals surface area contributed by atoms with E-state index in [9.17, 15) is 9.90 Å². The molecule has 0 saturated carbocycles. The van der Waals surface area contributed by atoms with E-state index in [2.05, 4.69) is 40.8 Å². The first-order valence-electron chi connectivity index (χ1n) is 11.2. The van der Waals surface area contributed by atoms with Gasteiger partial charge in [-0.05, 0) is 17.5 Å². The van der Waals surface area contributed by atoms with Crippen LogP contribution in [0.4, 0.5) is 0 Å². The number of benzene rings is 1. The second kappa shape index (κ2) is 10.7. The Labute approximate surface area is 192 Å². The Balaban J connectivity index is 1.51.